The van der Waals surface area contributed by atoms with E-state index >= 15 is 0 Å². The van der Waals surface area contributed by atoms with Crippen LogP contribution in [0.3, 0.4) is 0 Å². The van der Waals surface area contributed by atoms with Gasteiger partial charge in [-0.05, 0) is 49.4 Å². The van der Waals surface area contributed by atoms with E-state index in [1.807, 2.05) is 4.90 Å². The number of Topliss-reactive ketones (excluding diaryl/α,β-unsaturated/α-hetero) is 1. The van der Waals surface area contributed by atoms with Crippen LogP contribution in [0.25, 0.3) is 0 Å². The van der Waals surface area contributed by atoms with Crippen LogP contribution < -0.4 is 9.64 Å². The number of benzene rings is 2. The monoisotopic (exact) mass is 381 g/mol. The zero-order valence-electron chi connectivity index (χ0n) is 14.7. The molecule has 1 fully saturated rings. The summed E-state index contributed by atoms with van der Waals surface area (Å²) in [6.07, 6.45) is -3.29. The van der Waals surface area contributed by atoms with Crippen molar-refractivity contribution in [3.63, 3.8) is 0 Å². The van der Waals surface area contributed by atoms with E-state index in [9.17, 15) is 22.4 Å². The van der Waals surface area contributed by atoms with Crippen LogP contribution in [0.15, 0.2) is 42.5 Å². The van der Waals surface area contributed by atoms with Crippen LogP contribution in [0.4, 0.5) is 23.2 Å². The molecule has 144 valence electrons. The minimum absolute atomic E-state index is 0.105. The fourth-order valence-electron chi connectivity index (χ4n) is 3.09. The highest BCUT2D eigenvalue weighted by molar-refractivity contribution is 5.94. The minimum atomic E-state index is -4.35. The summed E-state index contributed by atoms with van der Waals surface area (Å²) in [7, 11) is 0. The molecule has 0 spiro atoms. The molecule has 0 amide bonds. The number of carbonyl (C=O) groups excluding carboxylic acids is 1. The largest absolute Gasteiger partial charge is 0.487 e. The molecule has 0 aliphatic carbocycles. The van der Waals surface area contributed by atoms with E-state index in [2.05, 4.69) is 0 Å². The summed E-state index contributed by atoms with van der Waals surface area (Å²) in [6.45, 7) is 2.57. The number of carbonyl (C=O) groups is 1. The summed E-state index contributed by atoms with van der Waals surface area (Å²) in [5.41, 5.74) is 0.337. The standard InChI is InChI=1S/C20H19F4NO2/c1-13(26)14-2-7-19(18(21)12-14)27-17-8-10-25(11-9-17)16-5-3-15(4-6-16)20(22,23)24/h2-7,12,17H,8-11H2,1H3. The van der Waals surface area contributed by atoms with Gasteiger partial charge >= 0.3 is 6.18 Å². The van der Waals surface area contributed by atoms with Gasteiger partial charge < -0.3 is 9.64 Å². The quantitative estimate of drug-likeness (QED) is 0.545. The maximum Gasteiger partial charge on any atom is 0.416 e. The second kappa shape index (κ2) is 7.58. The number of halogens is 4. The Morgan fingerprint density at radius 3 is 2.22 bits per heavy atom. The van der Waals surface area contributed by atoms with Gasteiger partial charge in [-0.25, -0.2) is 4.39 Å². The highest BCUT2D eigenvalue weighted by Gasteiger charge is 2.30. The summed E-state index contributed by atoms with van der Waals surface area (Å²) in [6, 6.07) is 9.21. The molecule has 1 heterocycles. The predicted octanol–water partition coefficient (Wildman–Crippen LogP) is 5.09. The molecule has 7 heteroatoms. The molecule has 2 aromatic carbocycles. The summed E-state index contributed by atoms with van der Waals surface area (Å²) < 4.78 is 57.7. The number of rotatable bonds is 4. The first-order valence-corrected chi connectivity index (χ1v) is 8.63. The van der Waals surface area contributed by atoms with E-state index in [0.29, 0.717) is 25.9 Å². The molecule has 3 rings (SSSR count). The number of ether oxygens (including phenoxy) is 1. The number of hydrogen-bond donors (Lipinski definition) is 0. The van der Waals surface area contributed by atoms with Gasteiger partial charge in [0.1, 0.15) is 6.10 Å². The van der Waals surface area contributed by atoms with Crippen LogP contribution in [-0.4, -0.2) is 25.0 Å². The number of nitrogens with zero attached hydrogens (tertiary/aromatic N) is 1. The number of piperidine rings is 1. The van der Waals surface area contributed by atoms with Crippen molar-refractivity contribution < 1.29 is 27.1 Å². The van der Waals surface area contributed by atoms with Crippen molar-refractivity contribution in [1.29, 1.82) is 0 Å². The maximum atomic E-state index is 14.1. The van der Waals surface area contributed by atoms with E-state index in [1.54, 1.807) is 0 Å². The fourth-order valence-corrected chi connectivity index (χ4v) is 3.09. The summed E-state index contributed by atoms with van der Waals surface area (Å²) in [4.78, 5) is 13.3. The van der Waals surface area contributed by atoms with Gasteiger partial charge in [0.15, 0.2) is 17.3 Å². The zero-order valence-corrected chi connectivity index (χ0v) is 14.7. The fraction of sp³-hybridized carbons (Fsp3) is 0.350. The molecule has 0 unspecified atom stereocenters. The van der Waals surface area contributed by atoms with Crippen LogP contribution >= 0.6 is 0 Å². The molecule has 0 atom stereocenters. The molecule has 1 aliphatic heterocycles. The molecule has 3 nitrogen and oxygen atoms in total. The van der Waals surface area contributed by atoms with Crippen molar-refractivity contribution in [3.05, 3.63) is 59.4 Å². The Bertz CT molecular complexity index is 810. The molecule has 0 bridgehead atoms. The molecule has 0 N–H and O–H groups in total. The average molecular weight is 381 g/mol. The Hall–Kier alpha value is -2.57. The first-order valence-electron chi connectivity index (χ1n) is 8.63. The second-order valence-corrected chi connectivity index (χ2v) is 6.55. The molecule has 0 radical (unpaired) electrons. The van der Waals surface area contributed by atoms with Crippen molar-refractivity contribution in [2.24, 2.45) is 0 Å². The molecular formula is C20H19F4NO2. The first kappa shape index (κ1) is 19.2. The van der Waals surface area contributed by atoms with Crippen LogP contribution in [-0.2, 0) is 6.18 Å². The van der Waals surface area contributed by atoms with Gasteiger partial charge in [0.2, 0.25) is 0 Å². The maximum absolute atomic E-state index is 14.1. The van der Waals surface area contributed by atoms with Crippen LogP contribution in [0.5, 0.6) is 5.75 Å². The van der Waals surface area contributed by atoms with Crippen LogP contribution in [0.2, 0.25) is 0 Å². The van der Waals surface area contributed by atoms with E-state index in [0.717, 1.165) is 23.9 Å². The Morgan fingerprint density at radius 2 is 1.70 bits per heavy atom. The van der Waals surface area contributed by atoms with Crippen LogP contribution in [0, 0.1) is 5.82 Å². The van der Waals surface area contributed by atoms with E-state index in [1.165, 1.54) is 31.2 Å². The van der Waals surface area contributed by atoms with Gasteiger partial charge in [-0.3, -0.25) is 4.79 Å². The second-order valence-electron chi connectivity index (χ2n) is 6.55. The summed E-state index contributed by atoms with van der Waals surface area (Å²) in [5.74, 6) is -0.689. The van der Waals surface area contributed by atoms with Gasteiger partial charge in [-0.1, -0.05) is 0 Å². The molecular weight excluding hydrogens is 362 g/mol. The van der Waals surface area contributed by atoms with Crippen molar-refractivity contribution in [2.75, 3.05) is 18.0 Å². The lowest BCUT2D eigenvalue weighted by Gasteiger charge is -2.34. The van der Waals surface area contributed by atoms with Gasteiger partial charge in [0.25, 0.3) is 0 Å². The molecule has 1 aliphatic rings. The van der Waals surface area contributed by atoms with E-state index in [-0.39, 0.29) is 23.2 Å². The average Bonchev–Trinajstić information content (AvgIpc) is 2.63. The zero-order chi connectivity index (χ0) is 19.6. The number of hydrogen-bond acceptors (Lipinski definition) is 3. The third-order valence-corrected chi connectivity index (χ3v) is 4.63. The van der Waals surface area contributed by atoms with Gasteiger partial charge in [-0.15, -0.1) is 0 Å². The molecule has 0 saturated carbocycles. The first-order chi connectivity index (χ1) is 12.7. The Morgan fingerprint density at radius 1 is 1.07 bits per heavy atom. The number of alkyl halides is 3. The lowest BCUT2D eigenvalue weighted by atomic mass is 10.1. The SMILES string of the molecule is CC(=O)c1ccc(OC2CCN(c3ccc(C(F)(F)F)cc3)CC2)c(F)c1. The lowest BCUT2D eigenvalue weighted by molar-refractivity contribution is -0.137. The smallest absolute Gasteiger partial charge is 0.416 e. The highest BCUT2D eigenvalue weighted by atomic mass is 19.4. The summed E-state index contributed by atoms with van der Waals surface area (Å²) in [5, 5.41) is 0. The molecule has 2 aromatic rings. The lowest BCUT2D eigenvalue weighted by Crippen LogP contribution is -2.38. The summed E-state index contributed by atoms with van der Waals surface area (Å²) >= 11 is 0. The molecule has 1 saturated heterocycles. The minimum Gasteiger partial charge on any atom is -0.487 e. The Labute approximate surface area is 154 Å². The van der Waals surface area contributed by atoms with E-state index in [4.69, 9.17) is 4.74 Å². The third-order valence-electron chi connectivity index (χ3n) is 4.63. The normalized spacial score (nSPS) is 15.7. The van der Waals surface area contributed by atoms with Crippen molar-refractivity contribution >= 4 is 11.5 Å². The Kier molecular flexibility index (Phi) is 5.39. The highest BCUT2D eigenvalue weighted by Crippen LogP contribution is 2.31. The molecule has 27 heavy (non-hydrogen) atoms. The van der Waals surface area contributed by atoms with Crippen molar-refractivity contribution in [3.8, 4) is 5.75 Å². The van der Waals surface area contributed by atoms with Crippen molar-refractivity contribution in [2.45, 2.75) is 32.0 Å². The Balaban J connectivity index is 1.58. The van der Waals surface area contributed by atoms with E-state index < -0.39 is 17.6 Å². The topological polar surface area (TPSA) is 29.5 Å². The van der Waals surface area contributed by atoms with Crippen molar-refractivity contribution in [1.82, 2.24) is 0 Å². The third kappa shape index (κ3) is 4.59. The van der Waals surface area contributed by atoms with Gasteiger partial charge in [0.05, 0.1) is 5.56 Å². The van der Waals surface area contributed by atoms with Gasteiger partial charge in [-0.2, -0.15) is 13.2 Å². The predicted molar refractivity (Wildman–Crippen MR) is 93.7 cm³/mol. The number of anilines is 1. The van der Waals surface area contributed by atoms with Crippen LogP contribution in [0.1, 0.15) is 35.7 Å². The van der Waals surface area contributed by atoms with Gasteiger partial charge in [0, 0.05) is 37.2 Å². The molecule has 0 aromatic heterocycles. The number of ketones is 1.